The summed E-state index contributed by atoms with van der Waals surface area (Å²) in [7, 11) is -3.01. The van der Waals surface area contributed by atoms with E-state index in [2.05, 4.69) is 6.92 Å². The van der Waals surface area contributed by atoms with Gasteiger partial charge in [-0.2, -0.15) is 0 Å². The second kappa shape index (κ2) is 6.30. The van der Waals surface area contributed by atoms with E-state index in [1.54, 1.807) is 4.90 Å². The van der Waals surface area contributed by atoms with Crippen molar-refractivity contribution in [1.82, 2.24) is 4.90 Å². The van der Waals surface area contributed by atoms with Crippen molar-refractivity contribution in [2.75, 3.05) is 11.5 Å². The van der Waals surface area contributed by atoms with Gasteiger partial charge < -0.3 is 9.32 Å². The average Bonchev–Trinajstić information content (AvgIpc) is 2.89. The number of nitrogens with zero attached hydrogens (tertiary/aromatic N) is 1. The molecule has 0 bridgehead atoms. The van der Waals surface area contributed by atoms with E-state index >= 15 is 0 Å². The lowest BCUT2D eigenvalue weighted by Gasteiger charge is -2.27. The van der Waals surface area contributed by atoms with Crippen LogP contribution in [-0.4, -0.2) is 36.8 Å². The van der Waals surface area contributed by atoms with Crippen molar-refractivity contribution in [2.24, 2.45) is 5.92 Å². The van der Waals surface area contributed by atoms with Gasteiger partial charge in [0.1, 0.15) is 11.5 Å². The van der Waals surface area contributed by atoms with Gasteiger partial charge in [-0.05, 0) is 37.3 Å². The first-order valence-electron chi connectivity index (χ1n) is 8.48. The van der Waals surface area contributed by atoms with Crippen LogP contribution >= 0.6 is 0 Å². The third-order valence-corrected chi connectivity index (χ3v) is 6.67. The highest BCUT2D eigenvalue weighted by Crippen LogP contribution is 2.47. The molecule has 0 radical (unpaired) electrons. The number of hydrogen-bond donors (Lipinski definition) is 0. The summed E-state index contributed by atoms with van der Waals surface area (Å²) in [5.74, 6) is 3.21. The Morgan fingerprint density at radius 2 is 2.13 bits per heavy atom. The van der Waals surface area contributed by atoms with Crippen molar-refractivity contribution < 1.29 is 17.6 Å². The molecule has 2 fully saturated rings. The second-order valence-electron chi connectivity index (χ2n) is 6.95. The first-order chi connectivity index (χ1) is 10.9. The van der Waals surface area contributed by atoms with Gasteiger partial charge in [0.25, 0.3) is 0 Å². The standard InChI is InChI=1S/C17H25NO4S/c1-3-4-17(19)18(13-7-8-23(20,21)11-13)10-14-5-6-16(22-14)15-9-12(15)2/h5-6,12-13,15H,3-4,7-11H2,1-2H3. The largest absolute Gasteiger partial charge is 0.464 e. The first kappa shape index (κ1) is 16.6. The van der Waals surface area contributed by atoms with E-state index in [1.807, 2.05) is 19.1 Å². The first-order valence-corrected chi connectivity index (χ1v) is 10.3. The third-order valence-electron chi connectivity index (χ3n) is 4.92. The second-order valence-corrected chi connectivity index (χ2v) is 9.18. The van der Waals surface area contributed by atoms with E-state index in [9.17, 15) is 13.2 Å². The molecule has 2 aliphatic rings. The Balaban J connectivity index is 1.73. The summed E-state index contributed by atoms with van der Waals surface area (Å²) in [5.41, 5.74) is 0. The van der Waals surface area contributed by atoms with E-state index in [1.165, 1.54) is 0 Å². The van der Waals surface area contributed by atoms with Crippen LogP contribution in [0.15, 0.2) is 16.5 Å². The Bertz CT molecular complexity index is 679. The van der Waals surface area contributed by atoms with E-state index in [-0.39, 0.29) is 23.5 Å². The fourth-order valence-electron chi connectivity index (χ4n) is 3.36. The minimum Gasteiger partial charge on any atom is -0.464 e. The quantitative estimate of drug-likeness (QED) is 0.799. The number of furan rings is 1. The molecule has 3 atom stereocenters. The molecular formula is C17H25NO4S. The van der Waals surface area contributed by atoms with Gasteiger partial charge in [-0.1, -0.05) is 13.8 Å². The summed E-state index contributed by atoms with van der Waals surface area (Å²) in [6.45, 7) is 4.54. The van der Waals surface area contributed by atoms with E-state index in [0.717, 1.165) is 24.4 Å². The summed E-state index contributed by atoms with van der Waals surface area (Å²) >= 11 is 0. The lowest BCUT2D eigenvalue weighted by atomic mass is 10.2. The number of sulfone groups is 1. The molecule has 1 aromatic rings. The van der Waals surface area contributed by atoms with E-state index in [4.69, 9.17) is 4.42 Å². The summed E-state index contributed by atoms with van der Waals surface area (Å²) in [4.78, 5) is 14.2. The molecule has 128 valence electrons. The molecule has 1 aliphatic carbocycles. The maximum absolute atomic E-state index is 12.4. The van der Waals surface area contributed by atoms with Gasteiger partial charge in [-0.25, -0.2) is 8.42 Å². The fourth-order valence-corrected chi connectivity index (χ4v) is 5.10. The van der Waals surface area contributed by atoms with Crippen molar-refractivity contribution in [3.05, 3.63) is 23.7 Å². The van der Waals surface area contributed by atoms with Gasteiger partial charge in [0.15, 0.2) is 9.84 Å². The summed E-state index contributed by atoms with van der Waals surface area (Å²) in [6.07, 6.45) is 2.90. The highest BCUT2D eigenvalue weighted by Gasteiger charge is 2.37. The van der Waals surface area contributed by atoms with Crippen molar-refractivity contribution in [3.63, 3.8) is 0 Å². The zero-order valence-electron chi connectivity index (χ0n) is 13.8. The SMILES string of the molecule is CCCC(=O)N(Cc1ccc(C2CC2C)o1)C1CCS(=O)(=O)C1. The van der Waals surface area contributed by atoms with Gasteiger partial charge >= 0.3 is 0 Å². The van der Waals surface area contributed by atoms with Crippen LogP contribution in [-0.2, 0) is 21.2 Å². The van der Waals surface area contributed by atoms with Crippen LogP contribution in [0.2, 0.25) is 0 Å². The molecular weight excluding hydrogens is 314 g/mol. The molecule has 0 aromatic carbocycles. The summed E-state index contributed by atoms with van der Waals surface area (Å²) in [5, 5.41) is 0. The molecule has 1 saturated carbocycles. The number of carbonyl (C=O) groups is 1. The Morgan fingerprint density at radius 1 is 1.39 bits per heavy atom. The van der Waals surface area contributed by atoms with Crippen LogP contribution in [0.3, 0.4) is 0 Å². The minimum absolute atomic E-state index is 0.0207. The molecule has 1 aromatic heterocycles. The predicted molar refractivity (Wildman–Crippen MR) is 87.7 cm³/mol. The molecule has 3 unspecified atom stereocenters. The molecule has 0 N–H and O–H groups in total. The number of carbonyl (C=O) groups excluding carboxylic acids is 1. The fraction of sp³-hybridized carbons (Fsp3) is 0.706. The monoisotopic (exact) mass is 339 g/mol. The van der Waals surface area contributed by atoms with Crippen molar-refractivity contribution in [3.8, 4) is 0 Å². The van der Waals surface area contributed by atoms with E-state index < -0.39 is 9.84 Å². The minimum atomic E-state index is -3.01. The van der Waals surface area contributed by atoms with Gasteiger partial charge in [0.2, 0.25) is 5.91 Å². The van der Waals surface area contributed by atoms with Gasteiger partial charge in [0.05, 0.1) is 18.1 Å². The Morgan fingerprint density at radius 3 is 2.70 bits per heavy atom. The van der Waals surface area contributed by atoms with Crippen LogP contribution < -0.4 is 0 Å². The number of rotatable bonds is 6. The highest BCUT2D eigenvalue weighted by molar-refractivity contribution is 7.91. The maximum atomic E-state index is 12.4. The molecule has 5 nitrogen and oxygen atoms in total. The molecule has 0 spiro atoms. The number of amides is 1. The Hall–Kier alpha value is -1.30. The normalized spacial score (nSPS) is 28.7. The molecule has 2 heterocycles. The van der Waals surface area contributed by atoms with Crippen LogP contribution in [0, 0.1) is 5.92 Å². The molecule has 1 saturated heterocycles. The smallest absolute Gasteiger partial charge is 0.223 e. The topological polar surface area (TPSA) is 67.6 Å². The lowest BCUT2D eigenvalue weighted by Crippen LogP contribution is -2.40. The van der Waals surface area contributed by atoms with E-state index in [0.29, 0.717) is 31.2 Å². The zero-order valence-corrected chi connectivity index (χ0v) is 14.6. The summed E-state index contributed by atoms with van der Waals surface area (Å²) < 4.78 is 29.4. The average molecular weight is 339 g/mol. The van der Waals surface area contributed by atoms with Gasteiger partial charge in [-0.3, -0.25) is 4.79 Å². The van der Waals surface area contributed by atoms with Crippen LogP contribution in [0.5, 0.6) is 0 Å². The maximum Gasteiger partial charge on any atom is 0.223 e. The van der Waals surface area contributed by atoms with Crippen molar-refractivity contribution >= 4 is 15.7 Å². The zero-order chi connectivity index (χ0) is 16.6. The Labute approximate surface area is 138 Å². The summed E-state index contributed by atoms with van der Waals surface area (Å²) in [6, 6.07) is 3.71. The van der Waals surface area contributed by atoms with Crippen LogP contribution in [0.4, 0.5) is 0 Å². The van der Waals surface area contributed by atoms with Crippen LogP contribution in [0.25, 0.3) is 0 Å². The van der Waals surface area contributed by atoms with Gasteiger partial charge in [0, 0.05) is 18.4 Å². The molecule has 1 aliphatic heterocycles. The van der Waals surface area contributed by atoms with Crippen molar-refractivity contribution in [2.45, 2.75) is 58.0 Å². The van der Waals surface area contributed by atoms with Gasteiger partial charge in [-0.15, -0.1) is 0 Å². The molecule has 23 heavy (non-hydrogen) atoms. The predicted octanol–water partition coefficient (Wildman–Crippen LogP) is 2.72. The molecule has 6 heteroatoms. The van der Waals surface area contributed by atoms with Crippen LogP contribution in [0.1, 0.15) is 57.0 Å². The molecule has 3 rings (SSSR count). The Kier molecular flexibility index (Phi) is 4.54. The highest BCUT2D eigenvalue weighted by atomic mass is 32.2. The van der Waals surface area contributed by atoms with Crippen molar-refractivity contribution in [1.29, 1.82) is 0 Å². The number of hydrogen-bond acceptors (Lipinski definition) is 4. The third kappa shape index (κ3) is 3.79. The lowest BCUT2D eigenvalue weighted by molar-refractivity contribution is -0.134. The molecule has 1 amide bonds.